The van der Waals surface area contributed by atoms with Gasteiger partial charge in [-0.05, 0) is 49.3 Å². The number of anilines is 1. The maximum absolute atomic E-state index is 13.0. The highest BCUT2D eigenvalue weighted by molar-refractivity contribution is 7.09. The molecule has 1 amide bonds. The Kier molecular flexibility index (Phi) is 6.33. The Morgan fingerprint density at radius 2 is 2.07 bits per heavy atom. The number of carbonyl (C=O) groups is 1. The molecule has 1 atom stereocenters. The van der Waals surface area contributed by atoms with E-state index in [1.54, 1.807) is 7.11 Å². The lowest BCUT2D eigenvalue weighted by molar-refractivity contribution is -0.137. The van der Waals surface area contributed by atoms with Crippen LogP contribution in [0.5, 0.6) is 5.75 Å². The van der Waals surface area contributed by atoms with Gasteiger partial charge in [-0.3, -0.25) is 4.79 Å². The van der Waals surface area contributed by atoms with E-state index in [1.807, 2.05) is 18.2 Å². The molecule has 2 aliphatic heterocycles. The van der Waals surface area contributed by atoms with Crippen LogP contribution >= 0.6 is 11.5 Å². The first-order valence-electron chi connectivity index (χ1n) is 10.6. The molecule has 4 rings (SSSR count). The zero-order valence-corrected chi connectivity index (χ0v) is 18.2. The van der Waals surface area contributed by atoms with Gasteiger partial charge in [-0.1, -0.05) is 19.1 Å². The molecule has 2 aliphatic rings. The van der Waals surface area contributed by atoms with Crippen molar-refractivity contribution in [1.29, 1.82) is 0 Å². The molecule has 0 aliphatic carbocycles. The van der Waals surface area contributed by atoms with Crippen LogP contribution in [0.3, 0.4) is 0 Å². The zero-order chi connectivity index (χ0) is 20.2. The molecule has 1 aromatic heterocycles. The molecule has 0 unspecified atom stereocenters. The molecule has 7 heteroatoms. The predicted molar refractivity (Wildman–Crippen MR) is 116 cm³/mol. The van der Waals surface area contributed by atoms with Crippen molar-refractivity contribution in [3.63, 3.8) is 0 Å². The first-order valence-corrected chi connectivity index (χ1v) is 11.4. The van der Waals surface area contributed by atoms with Gasteiger partial charge in [-0.25, -0.2) is 4.98 Å². The third-order valence-electron chi connectivity index (χ3n) is 6.09. The molecular formula is C22H30N4O2S. The van der Waals surface area contributed by atoms with Gasteiger partial charge in [-0.15, -0.1) is 0 Å². The van der Waals surface area contributed by atoms with Crippen LogP contribution in [0.4, 0.5) is 5.13 Å². The standard InChI is InChI=1S/C22H30N4O2S/c1-16-8-11-25(12-9-16)21(27)18-6-4-10-26(15-18)22-23-20(24-29-22)14-17-5-3-7-19(13-17)28-2/h3,5,7,13,16,18H,4,6,8-12,14-15H2,1-2H3/t18-/m1/s1. The Labute approximate surface area is 177 Å². The number of ether oxygens (including phenoxy) is 1. The molecular weight excluding hydrogens is 384 g/mol. The van der Waals surface area contributed by atoms with Crippen molar-refractivity contribution in [3.05, 3.63) is 35.7 Å². The van der Waals surface area contributed by atoms with Crippen molar-refractivity contribution in [3.8, 4) is 5.75 Å². The monoisotopic (exact) mass is 414 g/mol. The van der Waals surface area contributed by atoms with Crippen LogP contribution in [0, 0.1) is 11.8 Å². The summed E-state index contributed by atoms with van der Waals surface area (Å²) in [5.74, 6) is 2.84. The predicted octanol–water partition coefficient (Wildman–Crippen LogP) is 3.61. The minimum atomic E-state index is 0.0860. The summed E-state index contributed by atoms with van der Waals surface area (Å²) in [6.45, 7) is 5.83. The van der Waals surface area contributed by atoms with Crippen LogP contribution in [0.25, 0.3) is 0 Å². The first kappa shape index (κ1) is 20.1. The Morgan fingerprint density at radius 3 is 2.86 bits per heavy atom. The van der Waals surface area contributed by atoms with Gasteiger partial charge < -0.3 is 14.5 Å². The lowest BCUT2D eigenvalue weighted by Gasteiger charge is -2.37. The second kappa shape index (κ2) is 9.11. The van der Waals surface area contributed by atoms with E-state index >= 15 is 0 Å². The van der Waals surface area contributed by atoms with Gasteiger partial charge in [0.15, 0.2) is 0 Å². The fraction of sp³-hybridized carbons (Fsp3) is 0.591. The largest absolute Gasteiger partial charge is 0.497 e. The average Bonchev–Trinajstić information content (AvgIpc) is 3.22. The van der Waals surface area contributed by atoms with Gasteiger partial charge >= 0.3 is 0 Å². The van der Waals surface area contributed by atoms with E-state index in [9.17, 15) is 4.79 Å². The van der Waals surface area contributed by atoms with Gasteiger partial charge in [0.2, 0.25) is 11.0 Å². The van der Waals surface area contributed by atoms with E-state index in [0.717, 1.165) is 80.0 Å². The van der Waals surface area contributed by atoms with Gasteiger partial charge in [0.05, 0.1) is 13.0 Å². The van der Waals surface area contributed by atoms with Crippen LogP contribution in [-0.4, -0.2) is 53.5 Å². The van der Waals surface area contributed by atoms with Crippen molar-refractivity contribution >= 4 is 22.6 Å². The van der Waals surface area contributed by atoms with E-state index in [4.69, 9.17) is 9.72 Å². The van der Waals surface area contributed by atoms with E-state index in [-0.39, 0.29) is 5.92 Å². The topological polar surface area (TPSA) is 58.6 Å². The summed E-state index contributed by atoms with van der Waals surface area (Å²) in [6.07, 6.45) is 4.97. The number of hydrogen-bond acceptors (Lipinski definition) is 6. The highest BCUT2D eigenvalue weighted by atomic mass is 32.1. The zero-order valence-electron chi connectivity index (χ0n) is 17.3. The van der Waals surface area contributed by atoms with Crippen molar-refractivity contribution in [2.24, 2.45) is 11.8 Å². The van der Waals surface area contributed by atoms with Crippen molar-refractivity contribution in [2.45, 2.75) is 39.0 Å². The van der Waals surface area contributed by atoms with E-state index in [1.165, 1.54) is 11.5 Å². The molecule has 2 saturated heterocycles. The van der Waals surface area contributed by atoms with Crippen LogP contribution in [-0.2, 0) is 11.2 Å². The number of aromatic nitrogens is 2. The van der Waals surface area contributed by atoms with E-state index in [0.29, 0.717) is 12.3 Å². The highest BCUT2D eigenvalue weighted by Crippen LogP contribution is 2.28. The number of nitrogens with zero attached hydrogens (tertiary/aromatic N) is 4. The normalized spacial score (nSPS) is 20.7. The molecule has 29 heavy (non-hydrogen) atoms. The maximum atomic E-state index is 13.0. The van der Waals surface area contributed by atoms with Gasteiger partial charge in [0.1, 0.15) is 11.6 Å². The molecule has 6 nitrogen and oxygen atoms in total. The third-order valence-corrected chi connectivity index (χ3v) is 6.91. The fourth-order valence-corrected chi connectivity index (χ4v) is 4.97. The molecule has 0 radical (unpaired) electrons. The summed E-state index contributed by atoms with van der Waals surface area (Å²) in [7, 11) is 1.68. The SMILES string of the molecule is COc1cccc(Cc2nsc(N3CCC[C@@H](C(=O)N4CCC(C)CC4)C3)n2)c1. The first-order chi connectivity index (χ1) is 14.1. The number of methoxy groups -OCH3 is 1. The summed E-state index contributed by atoms with van der Waals surface area (Å²) in [6, 6.07) is 8.02. The number of piperidine rings is 2. The summed E-state index contributed by atoms with van der Waals surface area (Å²) in [4.78, 5) is 22.1. The molecule has 156 valence electrons. The second-order valence-electron chi connectivity index (χ2n) is 8.31. The number of rotatable bonds is 5. The summed E-state index contributed by atoms with van der Waals surface area (Å²) < 4.78 is 9.86. The molecule has 0 bridgehead atoms. The fourth-order valence-electron chi connectivity index (χ4n) is 4.25. The average molecular weight is 415 g/mol. The molecule has 2 fully saturated rings. The van der Waals surface area contributed by atoms with Crippen LogP contribution < -0.4 is 9.64 Å². The smallest absolute Gasteiger partial charge is 0.227 e. The van der Waals surface area contributed by atoms with Gasteiger partial charge in [0.25, 0.3) is 0 Å². The third kappa shape index (κ3) is 4.89. The number of hydrogen-bond donors (Lipinski definition) is 0. The van der Waals surface area contributed by atoms with Crippen LogP contribution in [0.2, 0.25) is 0 Å². The maximum Gasteiger partial charge on any atom is 0.227 e. The number of carbonyl (C=O) groups excluding carboxylic acids is 1. The molecule has 0 spiro atoms. The van der Waals surface area contributed by atoms with Gasteiger partial charge in [-0.2, -0.15) is 4.37 Å². The Hall–Kier alpha value is -2.15. The molecule has 0 N–H and O–H groups in total. The van der Waals surface area contributed by atoms with E-state index in [2.05, 4.69) is 27.2 Å². The highest BCUT2D eigenvalue weighted by Gasteiger charge is 2.31. The number of benzene rings is 1. The number of likely N-dealkylation sites (tertiary alicyclic amines) is 1. The van der Waals surface area contributed by atoms with Gasteiger partial charge in [0, 0.05) is 44.1 Å². The van der Waals surface area contributed by atoms with Crippen molar-refractivity contribution < 1.29 is 9.53 Å². The summed E-state index contributed by atoms with van der Waals surface area (Å²) >= 11 is 1.44. The number of amides is 1. The molecule has 1 aromatic carbocycles. The van der Waals surface area contributed by atoms with Crippen molar-refractivity contribution in [1.82, 2.24) is 14.3 Å². The van der Waals surface area contributed by atoms with Crippen LogP contribution in [0.15, 0.2) is 24.3 Å². The summed E-state index contributed by atoms with van der Waals surface area (Å²) in [5, 5.41) is 0.938. The molecule has 2 aromatic rings. The second-order valence-corrected chi connectivity index (χ2v) is 9.04. The van der Waals surface area contributed by atoms with E-state index < -0.39 is 0 Å². The molecule has 3 heterocycles. The Bertz CT molecular complexity index is 832. The summed E-state index contributed by atoms with van der Waals surface area (Å²) in [5.41, 5.74) is 1.14. The quantitative estimate of drug-likeness (QED) is 0.748. The lowest BCUT2D eigenvalue weighted by atomic mass is 9.94. The van der Waals surface area contributed by atoms with Crippen LogP contribution in [0.1, 0.15) is 44.0 Å². The molecule has 0 saturated carbocycles. The lowest BCUT2D eigenvalue weighted by Crippen LogP contribution is -2.47. The minimum Gasteiger partial charge on any atom is -0.497 e. The van der Waals surface area contributed by atoms with Crippen molar-refractivity contribution in [2.75, 3.05) is 38.2 Å². The Balaban J connectivity index is 1.38. The minimum absolute atomic E-state index is 0.0860. The Morgan fingerprint density at radius 1 is 1.24 bits per heavy atom.